The number of halogens is 1. The number of hydrogen-bond donors (Lipinski definition) is 0. The summed E-state index contributed by atoms with van der Waals surface area (Å²) in [5, 5.41) is 3.30. The van der Waals surface area contributed by atoms with Gasteiger partial charge in [-0.25, -0.2) is 0 Å². The molecule has 4 rings (SSSR count). The highest BCUT2D eigenvalue weighted by Gasteiger charge is 2.16. The molecule has 0 amide bonds. The first-order valence-corrected chi connectivity index (χ1v) is 9.80. The van der Waals surface area contributed by atoms with Crippen LogP contribution in [0.3, 0.4) is 0 Å². The molecule has 3 heteroatoms. The van der Waals surface area contributed by atoms with Gasteiger partial charge < -0.3 is 9.30 Å². The topological polar surface area (TPSA) is 14.2 Å². The standard InChI is InChI=1S/C24H24ClNO/c1-4-26-22-11-10-20(25)13-21(22)23-17(3)19(12-16(2)24(23)26)15-27-14-18-8-6-5-7-9-18/h5-13H,4,14-15H2,1-3H3. The summed E-state index contributed by atoms with van der Waals surface area (Å²) in [5.74, 6) is 0. The van der Waals surface area contributed by atoms with Crippen LogP contribution in [0.4, 0.5) is 0 Å². The molecule has 0 bridgehead atoms. The highest BCUT2D eigenvalue weighted by Crippen LogP contribution is 2.36. The first-order chi connectivity index (χ1) is 13.1. The lowest BCUT2D eigenvalue weighted by Crippen LogP contribution is -2.00. The van der Waals surface area contributed by atoms with Gasteiger partial charge in [-0.1, -0.05) is 48.0 Å². The van der Waals surface area contributed by atoms with Gasteiger partial charge in [-0.05, 0) is 61.2 Å². The average Bonchev–Trinajstić information content (AvgIpc) is 3.00. The Hall–Kier alpha value is -2.29. The second kappa shape index (κ2) is 7.38. The molecule has 0 spiro atoms. The number of hydrogen-bond acceptors (Lipinski definition) is 1. The van der Waals surface area contributed by atoms with Crippen molar-refractivity contribution in [3.05, 3.63) is 81.9 Å². The lowest BCUT2D eigenvalue weighted by atomic mass is 9.99. The van der Waals surface area contributed by atoms with Crippen molar-refractivity contribution in [2.75, 3.05) is 0 Å². The molecule has 0 unspecified atom stereocenters. The van der Waals surface area contributed by atoms with Crippen molar-refractivity contribution in [2.24, 2.45) is 0 Å². The number of nitrogens with zero attached hydrogens (tertiary/aromatic N) is 1. The van der Waals surface area contributed by atoms with Crippen LogP contribution in [0.1, 0.15) is 29.2 Å². The lowest BCUT2D eigenvalue weighted by Gasteiger charge is -2.13. The Balaban J connectivity index is 1.78. The van der Waals surface area contributed by atoms with E-state index in [1.165, 1.54) is 44.1 Å². The fourth-order valence-corrected chi connectivity index (χ4v) is 4.22. The quantitative estimate of drug-likeness (QED) is 0.373. The minimum Gasteiger partial charge on any atom is -0.372 e. The third-order valence-corrected chi connectivity index (χ3v) is 5.57. The third-order valence-electron chi connectivity index (χ3n) is 5.33. The van der Waals surface area contributed by atoms with E-state index in [4.69, 9.17) is 16.3 Å². The Morgan fingerprint density at radius 1 is 0.963 bits per heavy atom. The van der Waals surface area contributed by atoms with Crippen LogP contribution in [0.5, 0.6) is 0 Å². The molecule has 0 saturated heterocycles. The number of aryl methyl sites for hydroxylation is 3. The summed E-state index contributed by atoms with van der Waals surface area (Å²) in [6.07, 6.45) is 0. The SMILES string of the molecule is CCn1c2ccc(Cl)cc2c2c(C)c(COCc3ccccc3)cc(C)c21. The van der Waals surface area contributed by atoms with Crippen LogP contribution in [0.25, 0.3) is 21.8 Å². The monoisotopic (exact) mass is 377 g/mol. The second-order valence-electron chi connectivity index (χ2n) is 7.09. The zero-order chi connectivity index (χ0) is 19.0. The third kappa shape index (κ3) is 3.24. The van der Waals surface area contributed by atoms with E-state index in [2.05, 4.69) is 55.7 Å². The Morgan fingerprint density at radius 2 is 1.74 bits per heavy atom. The van der Waals surface area contributed by atoms with Gasteiger partial charge in [0.25, 0.3) is 0 Å². The normalized spacial score (nSPS) is 11.6. The predicted molar refractivity (Wildman–Crippen MR) is 115 cm³/mol. The van der Waals surface area contributed by atoms with Gasteiger partial charge in [0.1, 0.15) is 0 Å². The van der Waals surface area contributed by atoms with E-state index < -0.39 is 0 Å². The number of aromatic nitrogens is 1. The van der Waals surface area contributed by atoms with E-state index in [0.29, 0.717) is 13.2 Å². The number of benzene rings is 3. The van der Waals surface area contributed by atoms with Gasteiger partial charge in [-0.15, -0.1) is 0 Å². The van der Waals surface area contributed by atoms with Gasteiger partial charge in [-0.3, -0.25) is 0 Å². The first kappa shape index (κ1) is 18.1. The molecule has 0 aliphatic heterocycles. The second-order valence-corrected chi connectivity index (χ2v) is 7.52. The largest absolute Gasteiger partial charge is 0.372 e. The molecule has 0 N–H and O–H groups in total. The molecule has 1 heterocycles. The lowest BCUT2D eigenvalue weighted by molar-refractivity contribution is 0.107. The van der Waals surface area contributed by atoms with Crippen molar-refractivity contribution in [2.45, 2.75) is 40.5 Å². The van der Waals surface area contributed by atoms with Crippen LogP contribution >= 0.6 is 11.6 Å². The molecule has 0 saturated carbocycles. The van der Waals surface area contributed by atoms with Crippen LogP contribution in [0.2, 0.25) is 5.02 Å². The Morgan fingerprint density at radius 3 is 2.48 bits per heavy atom. The van der Waals surface area contributed by atoms with Crippen LogP contribution < -0.4 is 0 Å². The molecule has 0 atom stereocenters. The summed E-state index contributed by atoms with van der Waals surface area (Å²) in [6, 6.07) is 18.8. The molecule has 1 aromatic heterocycles. The molecular weight excluding hydrogens is 354 g/mol. The summed E-state index contributed by atoms with van der Waals surface area (Å²) < 4.78 is 8.41. The predicted octanol–water partition coefficient (Wildman–Crippen LogP) is 6.80. The van der Waals surface area contributed by atoms with Crippen molar-refractivity contribution in [1.82, 2.24) is 4.57 Å². The van der Waals surface area contributed by atoms with Crippen LogP contribution in [0, 0.1) is 13.8 Å². The molecule has 0 fully saturated rings. The molecule has 3 aromatic carbocycles. The van der Waals surface area contributed by atoms with Crippen LogP contribution in [-0.2, 0) is 24.5 Å². The summed E-state index contributed by atoms with van der Waals surface area (Å²) in [6.45, 7) is 8.75. The van der Waals surface area contributed by atoms with Crippen molar-refractivity contribution in [3.8, 4) is 0 Å². The maximum absolute atomic E-state index is 6.32. The van der Waals surface area contributed by atoms with Crippen molar-refractivity contribution >= 4 is 33.4 Å². The Labute approximate surface area is 165 Å². The molecule has 4 aromatic rings. The van der Waals surface area contributed by atoms with E-state index >= 15 is 0 Å². The molecule has 138 valence electrons. The van der Waals surface area contributed by atoms with Crippen molar-refractivity contribution in [3.63, 3.8) is 0 Å². The van der Waals surface area contributed by atoms with E-state index in [-0.39, 0.29) is 0 Å². The maximum atomic E-state index is 6.32. The molecule has 0 aliphatic carbocycles. The fraction of sp³-hybridized carbons (Fsp3) is 0.250. The van der Waals surface area contributed by atoms with E-state index in [1.54, 1.807) is 0 Å². The van der Waals surface area contributed by atoms with Gasteiger partial charge in [0.2, 0.25) is 0 Å². The number of fused-ring (bicyclic) bond motifs is 3. The van der Waals surface area contributed by atoms with Gasteiger partial charge in [0.05, 0.1) is 18.7 Å². The van der Waals surface area contributed by atoms with Gasteiger partial charge in [0, 0.05) is 27.9 Å². The maximum Gasteiger partial charge on any atom is 0.0724 e. The molecule has 0 aliphatic rings. The van der Waals surface area contributed by atoms with Gasteiger partial charge >= 0.3 is 0 Å². The zero-order valence-electron chi connectivity index (χ0n) is 16.1. The van der Waals surface area contributed by atoms with Crippen LogP contribution in [0.15, 0.2) is 54.6 Å². The number of rotatable bonds is 5. The minimum atomic E-state index is 0.608. The summed E-state index contributed by atoms with van der Waals surface area (Å²) in [7, 11) is 0. The van der Waals surface area contributed by atoms with Gasteiger partial charge in [0.15, 0.2) is 0 Å². The van der Waals surface area contributed by atoms with Crippen molar-refractivity contribution in [1.29, 1.82) is 0 Å². The summed E-state index contributed by atoms with van der Waals surface area (Å²) in [4.78, 5) is 0. The molecular formula is C24H24ClNO. The average molecular weight is 378 g/mol. The molecule has 2 nitrogen and oxygen atoms in total. The van der Waals surface area contributed by atoms with E-state index in [0.717, 1.165) is 11.6 Å². The summed E-state index contributed by atoms with van der Waals surface area (Å²) >= 11 is 6.32. The fourth-order valence-electron chi connectivity index (χ4n) is 4.05. The number of ether oxygens (including phenoxy) is 1. The molecule has 0 radical (unpaired) electrons. The first-order valence-electron chi connectivity index (χ1n) is 9.42. The van der Waals surface area contributed by atoms with E-state index in [1.807, 2.05) is 24.3 Å². The van der Waals surface area contributed by atoms with E-state index in [9.17, 15) is 0 Å². The van der Waals surface area contributed by atoms with Crippen molar-refractivity contribution < 1.29 is 4.74 Å². The Bertz CT molecular complexity index is 1110. The van der Waals surface area contributed by atoms with Crippen LogP contribution in [-0.4, -0.2) is 4.57 Å². The minimum absolute atomic E-state index is 0.608. The van der Waals surface area contributed by atoms with Gasteiger partial charge in [-0.2, -0.15) is 0 Å². The highest BCUT2D eigenvalue weighted by molar-refractivity contribution is 6.32. The summed E-state index contributed by atoms with van der Waals surface area (Å²) in [5.41, 5.74) is 7.55. The smallest absolute Gasteiger partial charge is 0.0724 e. The zero-order valence-corrected chi connectivity index (χ0v) is 16.8. The Kier molecular flexibility index (Phi) is 4.94. The molecule has 27 heavy (non-hydrogen) atoms. The highest BCUT2D eigenvalue weighted by atomic mass is 35.5.